The van der Waals surface area contributed by atoms with E-state index in [1.54, 1.807) is 0 Å². The molecular formula is C16H23N3O. The lowest BCUT2D eigenvalue weighted by atomic mass is 9.87. The van der Waals surface area contributed by atoms with Crippen molar-refractivity contribution in [1.82, 2.24) is 15.3 Å². The second-order valence-corrected chi connectivity index (χ2v) is 6.55. The van der Waals surface area contributed by atoms with Gasteiger partial charge in [-0.05, 0) is 56.6 Å². The molecule has 2 unspecified atom stereocenters. The molecule has 3 aliphatic rings. The van der Waals surface area contributed by atoms with Crippen molar-refractivity contribution in [3.05, 3.63) is 23.3 Å². The van der Waals surface area contributed by atoms with E-state index in [4.69, 9.17) is 9.72 Å². The molecule has 0 radical (unpaired) electrons. The van der Waals surface area contributed by atoms with E-state index in [-0.39, 0.29) is 0 Å². The summed E-state index contributed by atoms with van der Waals surface area (Å²) in [5.41, 5.74) is 2.67. The number of hydrogen-bond acceptors (Lipinski definition) is 4. The van der Waals surface area contributed by atoms with Crippen LogP contribution in [-0.4, -0.2) is 35.8 Å². The quantitative estimate of drug-likeness (QED) is 0.909. The summed E-state index contributed by atoms with van der Waals surface area (Å²) in [4.78, 5) is 9.43. The minimum atomic E-state index is 0.426. The maximum Gasteiger partial charge on any atom is 0.134 e. The van der Waals surface area contributed by atoms with Crippen molar-refractivity contribution >= 4 is 0 Å². The zero-order chi connectivity index (χ0) is 13.4. The molecule has 20 heavy (non-hydrogen) atoms. The zero-order valence-electron chi connectivity index (χ0n) is 12.0. The first-order valence-electron chi connectivity index (χ1n) is 8.04. The van der Waals surface area contributed by atoms with Gasteiger partial charge in [-0.1, -0.05) is 0 Å². The van der Waals surface area contributed by atoms with Gasteiger partial charge in [0, 0.05) is 30.5 Å². The van der Waals surface area contributed by atoms with Crippen LogP contribution in [0.15, 0.2) is 6.20 Å². The lowest BCUT2D eigenvalue weighted by Gasteiger charge is -2.24. The summed E-state index contributed by atoms with van der Waals surface area (Å²) >= 11 is 0. The van der Waals surface area contributed by atoms with Crippen LogP contribution in [-0.2, 0) is 17.6 Å². The zero-order valence-corrected chi connectivity index (χ0v) is 12.0. The average molecular weight is 273 g/mol. The first kappa shape index (κ1) is 12.7. The molecule has 4 nitrogen and oxygen atoms in total. The van der Waals surface area contributed by atoms with Crippen LogP contribution in [0.2, 0.25) is 0 Å². The number of hydrogen-bond donors (Lipinski definition) is 1. The highest BCUT2D eigenvalue weighted by atomic mass is 16.5. The van der Waals surface area contributed by atoms with Crippen molar-refractivity contribution in [2.75, 3.05) is 19.8 Å². The predicted molar refractivity (Wildman–Crippen MR) is 76.7 cm³/mol. The Morgan fingerprint density at radius 2 is 2.20 bits per heavy atom. The third kappa shape index (κ3) is 2.72. The van der Waals surface area contributed by atoms with E-state index >= 15 is 0 Å². The molecule has 1 aromatic rings. The van der Waals surface area contributed by atoms with Gasteiger partial charge in [0.2, 0.25) is 0 Å². The third-order valence-corrected chi connectivity index (χ3v) is 4.84. The minimum Gasteiger partial charge on any atom is -0.381 e. The number of rotatable bonds is 4. The number of nitrogens with zero attached hydrogens (tertiary/aromatic N) is 2. The number of fused-ring (bicyclic) bond motifs is 1. The van der Waals surface area contributed by atoms with Crippen LogP contribution < -0.4 is 5.32 Å². The van der Waals surface area contributed by atoms with E-state index in [0.717, 1.165) is 50.3 Å². The van der Waals surface area contributed by atoms with Crippen molar-refractivity contribution in [1.29, 1.82) is 0 Å². The fourth-order valence-electron chi connectivity index (χ4n) is 3.33. The maximum atomic E-state index is 5.44. The van der Waals surface area contributed by atoms with Crippen molar-refractivity contribution in [2.24, 2.45) is 5.92 Å². The van der Waals surface area contributed by atoms with Gasteiger partial charge in [-0.3, -0.25) is 0 Å². The van der Waals surface area contributed by atoms with E-state index in [2.05, 4.69) is 16.5 Å². The standard InChI is InChI=1S/C16H23N3O/c1-4-15-13(7-11(1)8-17-14-2-3-14)9-18-16(19-15)12-5-6-20-10-12/h9,11-12,14,17H,1-8,10H2. The Balaban J connectivity index is 1.42. The fourth-order valence-corrected chi connectivity index (χ4v) is 3.33. The Labute approximate surface area is 120 Å². The molecular weight excluding hydrogens is 250 g/mol. The summed E-state index contributed by atoms with van der Waals surface area (Å²) in [6.07, 6.45) is 9.45. The molecule has 1 aromatic heterocycles. The molecule has 1 aliphatic heterocycles. The summed E-state index contributed by atoms with van der Waals surface area (Å²) in [5.74, 6) is 2.21. The Morgan fingerprint density at radius 3 is 3.00 bits per heavy atom. The van der Waals surface area contributed by atoms with Crippen molar-refractivity contribution in [2.45, 2.75) is 50.5 Å². The highest BCUT2D eigenvalue weighted by Crippen LogP contribution is 2.28. The van der Waals surface area contributed by atoms with Crippen LogP contribution in [0.3, 0.4) is 0 Å². The number of aryl methyl sites for hydroxylation is 1. The first-order valence-corrected chi connectivity index (χ1v) is 8.04. The molecule has 4 heteroatoms. The number of nitrogens with one attached hydrogen (secondary N) is 1. The Hall–Kier alpha value is -1.00. The van der Waals surface area contributed by atoms with Gasteiger partial charge in [0.1, 0.15) is 5.82 Å². The summed E-state index contributed by atoms with van der Waals surface area (Å²) in [7, 11) is 0. The molecule has 1 N–H and O–H groups in total. The van der Waals surface area contributed by atoms with E-state index in [1.807, 2.05) is 0 Å². The van der Waals surface area contributed by atoms with Gasteiger partial charge in [-0.25, -0.2) is 9.97 Å². The van der Waals surface area contributed by atoms with Gasteiger partial charge in [0.25, 0.3) is 0 Å². The van der Waals surface area contributed by atoms with Gasteiger partial charge in [-0.2, -0.15) is 0 Å². The first-order chi connectivity index (χ1) is 9.88. The summed E-state index contributed by atoms with van der Waals surface area (Å²) < 4.78 is 5.44. The van der Waals surface area contributed by atoms with Crippen molar-refractivity contribution < 1.29 is 4.74 Å². The summed E-state index contributed by atoms with van der Waals surface area (Å²) in [6, 6.07) is 0.817. The van der Waals surface area contributed by atoms with E-state index < -0.39 is 0 Å². The lowest BCUT2D eigenvalue weighted by molar-refractivity contribution is 0.193. The van der Waals surface area contributed by atoms with Crippen LogP contribution in [0.5, 0.6) is 0 Å². The molecule has 2 fully saturated rings. The van der Waals surface area contributed by atoms with Gasteiger partial charge < -0.3 is 10.1 Å². The second-order valence-electron chi connectivity index (χ2n) is 6.55. The predicted octanol–water partition coefficient (Wildman–Crippen LogP) is 1.84. The largest absolute Gasteiger partial charge is 0.381 e. The Morgan fingerprint density at radius 1 is 1.25 bits per heavy atom. The van der Waals surface area contributed by atoms with Crippen molar-refractivity contribution in [3.63, 3.8) is 0 Å². The second kappa shape index (κ2) is 5.41. The molecule has 0 bridgehead atoms. The smallest absolute Gasteiger partial charge is 0.134 e. The SMILES string of the molecule is c1nc(C2CCOC2)nc2c1CC(CNC1CC1)CC2. The Kier molecular flexibility index (Phi) is 3.44. The van der Waals surface area contributed by atoms with Crippen LogP contribution >= 0.6 is 0 Å². The number of aromatic nitrogens is 2. The molecule has 2 atom stereocenters. The molecule has 4 rings (SSSR count). The summed E-state index contributed by atoms with van der Waals surface area (Å²) in [6.45, 7) is 2.83. The summed E-state index contributed by atoms with van der Waals surface area (Å²) in [5, 5.41) is 3.66. The molecule has 108 valence electrons. The molecule has 0 aromatic carbocycles. The maximum absolute atomic E-state index is 5.44. The monoisotopic (exact) mass is 273 g/mol. The van der Waals surface area contributed by atoms with E-state index in [9.17, 15) is 0 Å². The third-order valence-electron chi connectivity index (χ3n) is 4.84. The normalized spacial score (nSPS) is 29.4. The van der Waals surface area contributed by atoms with Gasteiger partial charge in [0.05, 0.1) is 6.61 Å². The van der Waals surface area contributed by atoms with E-state index in [0.29, 0.717) is 5.92 Å². The molecule has 0 spiro atoms. The molecule has 1 saturated heterocycles. The lowest BCUT2D eigenvalue weighted by Crippen LogP contribution is -2.29. The minimum absolute atomic E-state index is 0.426. The number of ether oxygens (including phenoxy) is 1. The topological polar surface area (TPSA) is 47.0 Å². The fraction of sp³-hybridized carbons (Fsp3) is 0.750. The molecule has 2 aliphatic carbocycles. The van der Waals surface area contributed by atoms with Gasteiger partial charge in [-0.15, -0.1) is 0 Å². The van der Waals surface area contributed by atoms with Crippen LogP contribution in [0, 0.1) is 5.92 Å². The molecule has 0 amide bonds. The van der Waals surface area contributed by atoms with Gasteiger partial charge in [0.15, 0.2) is 0 Å². The Bertz CT molecular complexity index is 481. The van der Waals surface area contributed by atoms with Crippen molar-refractivity contribution in [3.8, 4) is 0 Å². The highest BCUT2D eigenvalue weighted by molar-refractivity contribution is 5.22. The molecule has 2 heterocycles. The molecule has 1 saturated carbocycles. The van der Waals surface area contributed by atoms with Crippen LogP contribution in [0.25, 0.3) is 0 Å². The van der Waals surface area contributed by atoms with Gasteiger partial charge >= 0.3 is 0 Å². The highest BCUT2D eigenvalue weighted by Gasteiger charge is 2.26. The van der Waals surface area contributed by atoms with E-state index in [1.165, 1.54) is 37.1 Å². The average Bonchev–Trinajstić information content (AvgIpc) is 3.16. The van der Waals surface area contributed by atoms with Crippen LogP contribution in [0.4, 0.5) is 0 Å². The van der Waals surface area contributed by atoms with Crippen LogP contribution in [0.1, 0.15) is 48.7 Å².